The van der Waals surface area contributed by atoms with Gasteiger partial charge in [0.1, 0.15) is 5.94 Å². The summed E-state index contributed by atoms with van der Waals surface area (Å²) in [6, 6.07) is 21.3. The van der Waals surface area contributed by atoms with Crippen LogP contribution in [-0.4, -0.2) is 22.1 Å². The highest BCUT2D eigenvalue weighted by molar-refractivity contribution is 7.20. The van der Waals surface area contributed by atoms with Gasteiger partial charge >= 0.3 is 0 Å². The molecule has 3 heteroatoms. The molecule has 2 aromatic carbocycles. The summed E-state index contributed by atoms with van der Waals surface area (Å²) in [4.78, 5) is 13.4. The van der Waals surface area contributed by atoms with Crippen LogP contribution in [0.25, 0.3) is 0 Å². The van der Waals surface area contributed by atoms with E-state index in [2.05, 4.69) is 107 Å². The number of benzene rings is 2. The van der Waals surface area contributed by atoms with E-state index in [-0.39, 0.29) is 5.04 Å². The predicted octanol–water partition coefficient (Wildman–Crippen LogP) is 4.22. The summed E-state index contributed by atoms with van der Waals surface area (Å²) in [6.07, 6.45) is 0. The van der Waals surface area contributed by atoms with Gasteiger partial charge in [0.15, 0.2) is 8.07 Å². The fourth-order valence-corrected chi connectivity index (χ4v) is 15.6. The van der Waals surface area contributed by atoms with E-state index < -0.39 is 16.1 Å². The third-order valence-corrected chi connectivity index (χ3v) is 15.2. The maximum Gasteiger partial charge on any atom is 0.157 e. The van der Waals surface area contributed by atoms with Crippen LogP contribution in [0.2, 0.25) is 24.7 Å². The van der Waals surface area contributed by atoms with E-state index in [1.54, 1.807) is 0 Å². The zero-order valence-corrected chi connectivity index (χ0v) is 17.7. The van der Waals surface area contributed by atoms with Gasteiger partial charge in [0.25, 0.3) is 0 Å². The minimum absolute atomic E-state index is 0.0251. The van der Waals surface area contributed by atoms with Crippen molar-refractivity contribution in [1.29, 1.82) is 0 Å². The molecule has 0 aromatic heterocycles. The van der Waals surface area contributed by atoms with Crippen LogP contribution in [0.15, 0.2) is 65.5 Å². The smallest absolute Gasteiger partial charge is 0.157 e. The summed E-state index contributed by atoms with van der Waals surface area (Å²) >= 11 is 0. The van der Waals surface area contributed by atoms with Crippen LogP contribution in [-0.2, 0) is 4.79 Å². The molecule has 0 atom stereocenters. The van der Waals surface area contributed by atoms with Crippen LogP contribution < -0.4 is 10.4 Å². The molecule has 0 saturated heterocycles. The number of hydrogen-bond donors (Lipinski definition) is 0. The van der Waals surface area contributed by atoms with E-state index in [0.29, 0.717) is 0 Å². The van der Waals surface area contributed by atoms with Gasteiger partial charge in [0.05, 0.1) is 8.07 Å². The Balaban J connectivity index is 3.00. The molecule has 2 aromatic rings. The summed E-state index contributed by atoms with van der Waals surface area (Å²) < 4.78 is 0. The van der Waals surface area contributed by atoms with Gasteiger partial charge in [-0.15, -0.1) is 0 Å². The molecule has 0 radical (unpaired) electrons. The quantitative estimate of drug-likeness (QED) is 0.594. The summed E-state index contributed by atoms with van der Waals surface area (Å²) in [5.74, 6) is 2.48. The monoisotopic (exact) mass is 352 g/mol. The number of rotatable bonds is 4. The minimum Gasteiger partial charge on any atom is -0.234 e. The number of hydrogen-bond acceptors (Lipinski definition) is 1. The molecule has 0 heterocycles. The zero-order chi connectivity index (χ0) is 18.0. The largest absolute Gasteiger partial charge is 0.234 e. The molecule has 0 aliphatic heterocycles. The van der Waals surface area contributed by atoms with Crippen molar-refractivity contribution in [3.8, 4) is 0 Å². The fraction of sp³-hybridized carbons (Fsp3) is 0.333. The van der Waals surface area contributed by atoms with Gasteiger partial charge in [-0.05, 0) is 20.2 Å². The summed E-state index contributed by atoms with van der Waals surface area (Å²) in [7, 11) is -4.30. The zero-order valence-electron chi connectivity index (χ0n) is 15.7. The first-order valence-electron chi connectivity index (χ1n) is 8.53. The van der Waals surface area contributed by atoms with E-state index in [4.69, 9.17) is 0 Å². The highest BCUT2D eigenvalue weighted by Crippen LogP contribution is 2.42. The lowest BCUT2D eigenvalue weighted by Crippen LogP contribution is -2.69. The highest BCUT2D eigenvalue weighted by Gasteiger charge is 2.54. The Hall–Kier alpha value is -1.68. The lowest BCUT2D eigenvalue weighted by molar-refractivity contribution is 0.568. The average Bonchev–Trinajstić information content (AvgIpc) is 2.51. The third kappa shape index (κ3) is 3.12. The molecule has 1 nitrogen and oxygen atoms in total. The maximum atomic E-state index is 12.3. The summed E-state index contributed by atoms with van der Waals surface area (Å²) in [6.45, 7) is 13.7. The third-order valence-electron chi connectivity index (χ3n) is 4.77. The molecule has 0 fully saturated rings. The van der Waals surface area contributed by atoms with Crippen molar-refractivity contribution in [3.63, 3.8) is 0 Å². The summed E-state index contributed by atoms with van der Waals surface area (Å²) in [5, 5.41) is 2.59. The van der Waals surface area contributed by atoms with Gasteiger partial charge < -0.3 is 0 Å². The summed E-state index contributed by atoms with van der Waals surface area (Å²) in [5.41, 5.74) is 0. The first kappa shape index (κ1) is 18.7. The van der Waals surface area contributed by atoms with E-state index in [0.717, 1.165) is 4.82 Å². The normalized spacial score (nSPS) is 12.6. The molecule has 0 bridgehead atoms. The number of carbonyl (C=O) groups excluding carboxylic acids is 1. The van der Waals surface area contributed by atoms with Crippen molar-refractivity contribution >= 4 is 32.5 Å². The second kappa shape index (κ2) is 6.68. The van der Waals surface area contributed by atoms with Crippen LogP contribution in [0.5, 0.6) is 0 Å². The molecule has 0 aliphatic carbocycles. The van der Waals surface area contributed by atoms with Gasteiger partial charge in [-0.2, -0.15) is 0 Å². The van der Waals surface area contributed by atoms with Crippen LogP contribution in [0, 0.1) is 0 Å². The van der Waals surface area contributed by atoms with Crippen molar-refractivity contribution < 1.29 is 4.79 Å². The Morgan fingerprint density at radius 3 is 1.42 bits per heavy atom. The van der Waals surface area contributed by atoms with Gasteiger partial charge in [-0.1, -0.05) is 101 Å². The van der Waals surface area contributed by atoms with Crippen LogP contribution in [0.4, 0.5) is 0 Å². The second-order valence-electron chi connectivity index (χ2n) is 8.46. The first-order valence-corrected chi connectivity index (χ1v) is 14.0. The molecule has 126 valence electrons. The SMILES string of the molecule is CC(C)(C)[Si](C(=C=O)[Si](C)(C)C)(c1ccccc1)c1ccccc1. The molecule has 0 N–H and O–H groups in total. The Morgan fingerprint density at radius 1 is 0.792 bits per heavy atom. The van der Waals surface area contributed by atoms with Gasteiger partial charge in [0, 0.05) is 0 Å². The van der Waals surface area contributed by atoms with Crippen molar-refractivity contribution in [2.24, 2.45) is 0 Å². The lowest BCUT2D eigenvalue weighted by Gasteiger charge is -2.47. The highest BCUT2D eigenvalue weighted by atomic mass is 28.4. The Labute approximate surface area is 148 Å². The van der Waals surface area contributed by atoms with E-state index in [1.165, 1.54) is 10.4 Å². The molecule has 0 saturated carbocycles. The van der Waals surface area contributed by atoms with Gasteiger partial charge in [0.2, 0.25) is 0 Å². The second-order valence-corrected chi connectivity index (χ2v) is 18.6. The van der Waals surface area contributed by atoms with E-state index >= 15 is 0 Å². The molecule has 0 spiro atoms. The predicted molar refractivity (Wildman–Crippen MR) is 110 cm³/mol. The van der Waals surface area contributed by atoms with Crippen LogP contribution >= 0.6 is 0 Å². The van der Waals surface area contributed by atoms with Gasteiger partial charge in [-0.3, -0.25) is 0 Å². The average molecular weight is 353 g/mol. The molecular formula is C21H28OSi2. The van der Waals surface area contributed by atoms with Gasteiger partial charge in [-0.25, -0.2) is 4.79 Å². The van der Waals surface area contributed by atoms with Crippen molar-refractivity contribution in [3.05, 3.63) is 65.5 Å². The molecule has 2 rings (SSSR count). The first-order chi connectivity index (χ1) is 11.2. The maximum absolute atomic E-state index is 12.3. The van der Waals surface area contributed by atoms with Crippen molar-refractivity contribution in [2.45, 2.75) is 45.5 Å². The minimum atomic E-state index is -2.46. The molecule has 24 heavy (non-hydrogen) atoms. The molecular weight excluding hydrogens is 324 g/mol. The van der Waals surface area contributed by atoms with Crippen LogP contribution in [0.1, 0.15) is 20.8 Å². The van der Waals surface area contributed by atoms with Crippen LogP contribution in [0.3, 0.4) is 0 Å². The Kier molecular flexibility index (Phi) is 5.19. The van der Waals surface area contributed by atoms with Crippen molar-refractivity contribution in [1.82, 2.24) is 0 Å². The van der Waals surface area contributed by atoms with Crippen molar-refractivity contribution in [2.75, 3.05) is 0 Å². The molecule has 0 amide bonds. The standard InChI is InChI=1S/C21H28OSi2/c1-21(2,3)24(18-13-9-7-10-14-18,19-15-11-8-12-16-19)20(17-22)23(4,5)6/h7-16H,1-6H3. The van der Waals surface area contributed by atoms with E-state index in [9.17, 15) is 4.79 Å². The Bertz CT molecular complexity index is 691. The molecule has 0 unspecified atom stereocenters. The lowest BCUT2D eigenvalue weighted by atomic mass is 10.2. The van der Waals surface area contributed by atoms with E-state index in [1.807, 2.05) is 0 Å². The molecule has 0 aliphatic rings. The fourth-order valence-electron chi connectivity index (χ4n) is 3.86. The topological polar surface area (TPSA) is 17.1 Å². The Morgan fingerprint density at radius 2 is 1.17 bits per heavy atom.